The molecule has 0 radical (unpaired) electrons. The average Bonchev–Trinajstić information content (AvgIpc) is 3.54. The highest BCUT2D eigenvalue weighted by molar-refractivity contribution is 5.82. The van der Waals surface area contributed by atoms with Gasteiger partial charge in [0.2, 0.25) is 0 Å². The smallest absolute Gasteiger partial charge is 0.251 e. The van der Waals surface area contributed by atoms with E-state index < -0.39 is 6.10 Å². The van der Waals surface area contributed by atoms with Crippen LogP contribution >= 0.6 is 0 Å². The molecule has 0 unspecified atom stereocenters. The van der Waals surface area contributed by atoms with Gasteiger partial charge in [-0.3, -0.25) is 14.7 Å². The lowest BCUT2D eigenvalue weighted by Crippen LogP contribution is -2.52. The molecule has 2 aromatic rings. The first kappa shape index (κ1) is 17.2. The maximum Gasteiger partial charge on any atom is 0.251 e. The minimum atomic E-state index is -0.458. The third kappa shape index (κ3) is 3.94. The van der Waals surface area contributed by atoms with Gasteiger partial charge < -0.3 is 10.1 Å². The molecule has 26 heavy (non-hydrogen) atoms. The predicted molar refractivity (Wildman–Crippen MR) is 99.6 cm³/mol. The van der Waals surface area contributed by atoms with E-state index in [1.807, 2.05) is 36.5 Å². The van der Waals surface area contributed by atoms with E-state index in [0.29, 0.717) is 19.2 Å². The molecule has 2 aliphatic rings. The van der Waals surface area contributed by atoms with Crippen molar-refractivity contribution in [2.24, 2.45) is 0 Å². The molecule has 4 rings (SSSR count). The Labute approximate surface area is 154 Å². The molecule has 1 aromatic heterocycles. The number of carbonyl (C=O) groups excluding carboxylic acids is 1. The SMILES string of the molecule is O=C(NCCc1cccnc1)[C@@H]1OCCN(C2CC2)[C@H]1c1ccccc1. The van der Waals surface area contributed by atoms with Crippen molar-refractivity contribution in [3.8, 4) is 0 Å². The molecular weight excluding hydrogens is 326 g/mol. The van der Waals surface area contributed by atoms with E-state index in [1.165, 1.54) is 12.8 Å². The summed E-state index contributed by atoms with van der Waals surface area (Å²) in [6.45, 7) is 2.10. The largest absolute Gasteiger partial charge is 0.365 e. The molecule has 2 atom stereocenters. The molecule has 1 aliphatic carbocycles. The summed E-state index contributed by atoms with van der Waals surface area (Å²) in [6, 6.07) is 14.8. The second kappa shape index (κ2) is 7.98. The molecule has 0 spiro atoms. The third-order valence-electron chi connectivity index (χ3n) is 5.14. The highest BCUT2D eigenvalue weighted by Crippen LogP contribution is 2.38. The van der Waals surface area contributed by atoms with E-state index in [1.54, 1.807) is 6.20 Å². The quantitative estimate of drug-likeness (QED) is 0.868. The van der Waals surface area contributed by atoms with Crippen LogP contribution in [-0.4, -0.2) is 47.6 Å². The first-order chi connectivity index (χ1) is 12.8. The molecule has 0 bridgehead atoms. The molecular formula is C21H25N3O2. The lowest BCUT2D eigenvalue weighted by atomic mass is 9.97. The van der Waals surface area contributed by atoms with Crippen molar-refractivity contribution in [2.45, 2.75) is 37.5 Å². The highest BCUT2D eigenvalue weighted by Gasteiger charge is 2.43. The zero-order chi connectivity index (χ0) is 17.8. The van der Waals surface area contributed by atoms with Gasteiger partial charge in [-0.05, 0) is 36.5 Å². The number of nitrogens with one attached hydrogen (secondary N) is 1. The Morgan fingerprint density at radius 1 is 1.19 bits per heavy atom. The summed E-state index contributed by atoms with van der Waals surface area (Å²) in [5, 5.41) is 3.06. The Morgan fingerprint density at radius 2 is 2.04 bits per heavy atom. The van der Waals surface area contributed by atoms with Crippen LogP contribution in [0.5, 0.6) is 0 Å². The fourth-order valence-corrected chi connectivity index (χ4v) is 3.72. The van der Waals surface area contributed by atoms with Crippen LogP contribution in [0.25, 0.3) is 0 Å². The number of aromatic nitrogens is 1. The monoisotopic (exact) mass is 351 g/mol. The van der Waals surface area contributed by atoms with Gasteiger partial charge in [0.25, 0.3) is 5.91 Å². The summed E-state index contributed by atoms with van der Waals surface area (Å²) in [4.78, 5) is 19.5. The van der Waals surface area contributed by atoms with E-state index in [-0.39, 0.29) is 11.9 Å². The maximum absolute atomic E-state index is 12.9. The third-order valence-corrected chi connectivity index (χ3v) is 5.14. The molecule has 1 amide bonds. The van der Waals surface area contributed by atoms with Crippen LogP contribution in [-0.2, 0) is 16.0 Å². The lowest BCUT2D eigenvalue weighted by Gasteiger charge is -2.41. The molecule has 1 N–H and O–H groups in total. The number of amides is 1. The normalized spacial score (nSPS) is 23.5. The molecule has 1 aromatic carbocycles. The van der Waals surface area contributed by atoms with E-state index in [4.69, 9.17) is 4.74 Å². The number of benzene rings is 1. The molecule has 1 aliphatic heterocycles. The summed E-state index contributed by atoms with van der Waals surface area (Å²) >= 11 is 0. The first-order valence-electron chi connectivity index (χ1n) is 9.42. The molecule has 1 saturated heterocycles. The number of rotatable bonds is 6. The van der Waals surface area contributed by atoms with E-state index >= 15 is 0 Å². The number of hydrogen-bond donors (Lipinski definition) is 1. The van der Waals surface area contributed by atoms with Gasteiger partial charge in [0.1, 0.15) is 0 Å². The zero-order valence-corrected chi connectivity index (χ0v) is 14.9. The van der Waals surface area contributed by atoms with E-state index in [0.717, 1.165) is 24.1 Å². The van der Waals surface area contributed by atoms with Crippen LogP contribution < -0.4 is 5.32 Å². The summed E-state index contributed by atoms with van der Waals surface area (Å²) in [7, 11) is 0. The molecule has 2 fully saturated rings. The van der Waals surface area contributed by atoms with E-state index in [9.17, 15) is 4.79 Å². The number of hydrogen-bond acceptors (Lipinski definition) is 4. The predicted octanol–water partition coefficient (Wildman–Crippen LogP) is 2.34. The van der Waals surface area contributed by atoms with E-state index in [2.05, 4.69) is 27.3 Å². The van der Waals surface area contributed by atoms with Crippen molar-refractivity contribution >= 4 is 5.91 Å². The topological polar surface area (TPSA) is 54.5 Å². The van der Waals surface area contributed by atoms with Crippen molar-refractivity contribution in [2.75, 3.05) is 19.7 Å². The van der Waals surface area contributed by atoms with Gasteiger partial charge in [0, 0.05) is 31.5 Å². The van der Waals surface area contributed by atoms with Crippen molar-refractivity contribution < 1.29 is 9.53 Å². The number of morpholine rings is 1. The molecule has 5 nitrogen and oxygen atoms in total. The Morgan fingerprint density at radius 3 is 2.77 bits per heavy atom. The Bertz CT molecular complexity index is 719. The van der Waals surface area contributed by atoms with Crippen molar-refractivity contribution in [3.63, 3.8) is 0 Å². The van der Waals surface area contributed by atoms with Crippen LogP contribution in [0, 0.1) is 0 Å². The highest BCUT2D eigenvalue weighted by atomic mass is 16.5. The molecule has 5 heteroatoms. The second-order valence-corrected chi connectivity index (χ2v) is 7.02. The minimum absolute atomic E-state index is 0.00385. The van der Waals surface area contributed by atoms with Gasteiger partial charge in [-0.15, -0.1) is 0 Å². The first-order valence-corrected chi connectivity index (χ1v) is 9.42. The Hall–Kier alpha value is -2.24. The summed E-state index contributed by atoms with van der Waals surface area (Å²) in [5.74, 6) is -0.0203. The number of pyridine rings is 1. The molecule has 2 heterocycles. The van der Waals surface area contributed by atoms with Gasteiger partial charge in [-0.2, -0.15) is 0 Å². The fourth-order valence-electron chi connectivity index (χ4n) is 3.72. The standard InChI is InChI=1S/C21H25N3O2/c25-21(23-12-10-16-5-4-11-22-15-16)20-19(17-6-2-1-3-7-17)24(13-14-26-20)18-8-9-18/h1-7,11,15,18-20H,8-10,12-14H2,(H,23,25)/t19-,20+/m0/s1. The van der Waals surface area contributed by atoms with Gasteiger partial charge >= 0.3 is 0 Å². The summed E-state index contributed by atoms with van der Waals surface area (Å²) < 4.78 is 5.95. The number of nitrogens with zero attached hydrogens (tertiary/aromatic N) is 2. The average molecular weight is 351 g/mol. The maximum atomic E-state index is 12.9. The minimum Gasteiger partial charge on any atom is -0.365 e. The summed E-state index contributed by atoms with van der Waals surface area (Å²) in [6.07, 6.45) is 6.35. The van der Waals surface area contributed by atoms with Crippen LogP contribution in [0.2, 0.25) is 0 Å². The summed E-state index contributed by atoms with van der Waals surface area (Å²) in [5.41, 5.74) is 2.28. The number of carbonyl (C=O) groups is 1. The van der Waals surface area contributed by atoms with Gasteiger partial charge in [-0.1, -0.05) is 36.4 Å². The van der Waals surface area contributed by atoms with Crippen LogP contribution in [0.1, 0.15) is 30.0 Å². The lowest BCUT2D eigenvalue weighted by molar-refractivity contribution is -0.146. The van der Waals surface area contributed by atoms with Gasteiger partial charge in [0.05, 0.1) is 12.6 Å². The van der Waals surface area contributed by atoms with Crippen LogP contribution in [0.3, 0.4) is 0 Å². The molecule has 1 saturated carbocycles. The Kier molecular flexibility index (Phi) is 5.27. The second-order valence-electron chi connectivity index (χ2n) is 7.02. The van der Waals surface area contributed by atoms with Crippen LogP contribution in [0.4, 0.5) is 0 Å². The van der Waals surface area contributed by atoms with Crippen molar-refractivity contribution in [3.05, 3.63) is 66.0 Å². The Balaban J connectivity index is 1.44. The molecule has 136 valence electrons. The van der Waals surface area contributed by atoms with Gasteiger partial charge in [-0.25, -0.2) is 0 Å². The zero-order valence-electron chi connectivity index (χ0n) is 14.9. The van der Waals surface area contributed by atoms with Gasteiger partial charge in [0.15, 0.2) is 6.10 Å². The van der Waals surface area contributed by atoms with Crippen molar-refractivity contribution in [1.29, 1.82) is 0 Å². The van der Waals surface area contributed by atoms with Crippen molar-refractivity contribution in [1.82, 2.24) is 15.2 Å². The van der Waals surface area contributed by atoms with Crippen LogP contribution in [0.15, 0.2) is 54.9 Å². The fraction of sp³-hybridized carbons (Fsp3) is 0.429. The number of ether oxygens (including phenoxy) is 1.